The molecular weight excluding hydrogens is 152 g/mol. The summed E-state index contributed by atoms with van der Waals surface area (Å²) in [6.07, 6.45) is 7.00. The fourth-order valence-corrected chi connectivity index (χ4v) is 2.00. The van der Waals surface area contributed by atoms with Gasteiger partial charge in [-0.2, -0.15) is 0 Å². The third kappa shape index (κ3) is 1.80. The molecule has 12 heavy (non-hydrogen) atoms. The maximum atomic E-state index is 5.82. The predicted molar refractivity (Wildman–Crippen MR) is 46.9 cm³/mol. The van der Waals surface area contributed by atoms with Gasteiger partial charge in [-0.05, 0) is 18.8 Å². The molecule has 2 heteroatoms. The second kappa shape index (κ2) is 3.75. The molecule has 1 aliphatic carbocycles. The SMILES string of the molecule is CC1CCCCC1OC1CCO1. The van der Waals surface area contributed by atoms with Crippen LogP contribution in [-0.4, -0.2) is 19.0 Å². The molecule has 0 N–H and O–H groups in total. The first-order valence-electron chi connectivity index (χ1n) is 5.13. The van der Waals surface area contributed by atoms with Gasteiger partial charge in [0.1, 0.15) is 0 Å². The molecule has 1 saturated heterocycles. The fourth-order valence-electron chi connectivity index (χ4n) is 2.00. The third-order valence-corrected chi connectivity index (χ3v) is 3.02. The van der Waals surface area contributed by atoms with Crippen LogP contribution in [0.3, 0.4) is 0 Å². The van der Waals surface area contributed by atoms with Crippen LogP contribution in [0.1, 0.15) is 39.0 Å². The van der Waals surface area contributed by atoms with Crippen molar-refractivity contribution < 1.29 is 9.47 Å². The molecule has 2 rings (SSSR count). The summed E-state index contributed by atoms with van der Waals surface area (Å²) in [5.41, 5.74) is 0. The average Bonchev–Trinajstić information content (AvgIpc) is 2.00. The van der Waals surface area contributed by atoms with Gasteiger partial charge in [0.15, 0.2) is 6.29 Å². The molecule has 0 radical (unpaired) electrons. The zero-order chi connectivity index (χ0) is 8.39. The summed E-state index contributed by atoms with van der Waals surface area (Å²) in [7, 11) is 0. The Morgan fingerprint density at radius 3 is 2.50 bits per heavy atom. The van der Waals surface area contributed by atoms with E-state index in [1.165, 1.54) is 25.7 Å². The van der Waals surface area contributed by atoms with E-state index in [0.717, 1.165) is 18.9 Å². The van der Waals surface area contributed by atoms with E-state index >= 15 is 0 Å². The summed E-state index contributed by atoms with van der Waals surface area (Å²) >= 11 is 0. The molecule has 0 spiro atoms. The minimum atomic E-state index is 0.135. The van der Waals surface area contributed by atoms with Crippen molar-refractivity contribution in [3.05, 3.63) is 0 Å². The van der Waals surface area contributed by atoms with Gasteiger partial charge in [0, 0.05) is 6.42 Å². The fraction of sp³-hybridized carbons (Fsp3) is 1.00. The lowest BCUT2D eigenvalue weighted by Crippen LogP contribution is -2.37. The zero-order valence-corrected chi connectivity index (χ0v) is 7.79. The molecule has 1 saturated carbocycles. The van der Waals surface area contributed by atoms with Gasteiger partial charge in [0.05, 0.1) is 12.7 Å². The Labute approximate surface area is 74.2 Å². The average molecular weight is 170 g/mol. The first kappa shape index (κ1) is 8.52. The number of rotatable bonds is 2. The van der Waals surface area contributed by atoms with E-state index in [2.05, 4.69) is 6.92 Å². The Balaban J connectivity index is 1.76. The lowest BCUT2D eigenvalue weighted by molar-refractivity contribution is -0.246. The molecule has 2 fully saturated rings. The third-order valence-electron chi connectivity index (χ3n) is 3.02. The van der Waals surface area contributed by atoms with Crippen LogP contribution in [-0.2, 0) is 9.47 Å². The molecule has 0 aromatic heterocycles. The minimum Gasteiger partial charge on any atom is -0.352 e. The Bertz CT molecular complexity index is 143. The second-order valence-corrected chi connectivity index (χ2v) is 4.03. The molecule has 70 valence electrons. The molecule has 1 aliphatic heterocycles. The zero-order valence-electron chi connectivity index (χ0n) is 7.79. The Morgan fingerprint density at radius 1 is 1.17 bits per heavy atom. The van der Waals surface area contributed by atoms with Gasteiger partial charge < -0.3 is 9.47 Å². The highest BCUT2D eigenvalue weighted by Gasteiger charge is 2.28. The van der Waals surface area contributed by atoms with Gasteiger partial charge in [0.25, 0.3) is 0 Å². The van der Waals surface area contributed by atoms with Gasteiger partial charge in [-0.15, -0.1) is 0 Å². The highest BCUT2D eigenvalue weighted by Crippen LogP contribution is 2.29. The van der Waals surface area contributed by atoms with Crippen LogP contribution in [0.25, 0.3) is 0 Å². The monoisotopic (exact) mass is 170 g/mol. The van der Waals surface area contributed by atoms with E-state index < -0.39 is 0 Å². The van der Waals surface area contributed by atoms with Crippen LogP contribution >= 0.6 is 0 Å². The van der Waals surface area contributed by atoms with E-state index in [0.29, 0.717) is 6.10 Å². The highest BCUT2D eigenvalue weighted by molar-refractivity contribution is 4.73. The summed E-state index contributed by atoms with van der Waals surface area (Å²) in [4.78, 5) is 0. The largest absolute Gasteiger partial charge is 0.352 e. The van der Waals surface area contributed by atoms with Crippen molar-refractivity contribution in [3.63, 3.8) is 0 Å². The van der Waals surface area contributed by atoms with E-state index in [1.807, 2.05) is 0 Å². The van der Waals surface area contributed by atoms with Gasteiger partial charge in [0.2, 0.25) is 0 Å². The topological polar surface area (TPSA) is 18.5 Å². The Hall–Kier alpha value is -0.0800. The normalized spacial score (nSPS) is 42.2. The summed E-state index contributed by atoms with van der Waals surface area (Å²) in [5.74, 6) is 0.739. The molecule has 0 aromatic rings. The molecule has 0 amide bonds. The number of ether oxygens (including phenoxy) is 2. The minimum absolute atomic E-state index is 0.135. The maximum absolute atomic E-state index is 5.82. The first-order valence-corrected chi connectivity index (χ1v) is 5.13. The van der Waals surface area contributed by atoms with Crippen molar-refractivity contribution in [2.75, 3.05) is 6.61 Å². The molecule has 0 bridgehead atoms. The summed E-state index contributed by atoms with van der Waals surface area (Å²) in [6, 6.07) is 0. The van der Waals surface area contributed by atoms with E-state index in [9.17, 15) is 0 Å². The predicted octanol–water partition coefficient (Wildman–Crippen LogP) is 2.33. The highest BCUT2D eigenvalue weighted by atomic mass is 16.7. The van der Waals surface area contributed by atoms with Crippen molar-refractivity contribution in [2.24, 2.45) is 5.92 Å². The summed E-state index contributed by atoms with van der Waals surface area (Å²) < 4.78 is 11.1. The molecule has 0 aromatic carbocycles. The number of hydrogen-bond donors (Lipinski definition) is 0. The van der Waals surface area contributed by atoms with Crippen molar-refractivity contribution in [1.82, 2.24) is 0 Å². The Morgan fingerprint density at radius 2 is 1.92 bits per heavy atom. The second-order valence-electron chi connectivity index (χ2n) is 4.03. The van der Waals surface area contributed by atoms with Gasteiger partial charge in [-0.25, -0.2) is 0 Å². The van der Waals surface area contributed by atoms with E-state index in [4.69, 9.17) is 9.47 Å². The van der Waals surface area contributed by atoms with Gasteiger partial charge >= 0.3 is 0 Å². The summed E-state index contributed by atoms with van der Waals surface area (Å²) in [6.45, 7) is 3.19. The molecule has 3 unspecified atom stereocenters. The van der Waals surface area contributed by atoms with Crippen LogP contribution < -0.4 is 0 Å². The van der Waals surface area contributed by atoms with Crippen LogP contribution in [0.5, 0.6) is 0 Å². The molecular formula is C10H18O2. The first-order chi connectivity index (χ1) is 5.86. The van der Waals surface area contributed by atoms with Crippen LogP contribution in [0.2, 0.25) is 0 Å². The smallest absolute Gasteiger partial charge is 0.160 e. The van der Waals surface area contributed by atoms with Crippen molar-refractivity contribution >= 4 is 0 Å². The standard InChI is InChI=1S/C10H18O2/c1-8-4-2-3-5-9(8)12-10-6-7-11-10/h8-10H,2-7H2,1H3. The van der Waals surface area contributed by atoms with Crippen LogP contribution in [0.15, 0.2) is 0 Å². The molecule has 2 nitrogen and oxygen atoms in total. The van der Waals surface area contributed by atoms with Crippen molar-refractivity contribution in [1.29, 1.82) is 0 Å². The van der Waals surface area contributed by atoms with E-state index in [-0.39, 0.29) is 6.29 Å². The van der Waals surface area contributed by atoms with Crippen LogP contribution in [0, 0.1) is 5.92 Å². The van der Waals surface area contributed by atoms with E-state index in [1.54, 1.807) is 0 Å². The lowest BCUT2D eigenvalue weighted by atomic mass is 9.88. The molecule has 3 atom stereocenters. The maximum Gasteiger partial charge on any atom is 0.160 e. The van der Waals surface area contributed by atoms with Crippen molar-refractivity contribution in [3.8, 4) is 0 Å². The van der Waals surface area contributed by atoms with Crippen LogP contribution in [0.4, 0.5) is 0 Å². The lowest BCUT2D eigenvalue weighted by Gasteiger charge is -2.35. The van der Waals surface area contributed by atoms with Gasteiger partial charge in [-0.1, -0.05) is 19.8 Å². The van der Waals surface area contributed by atoms with Gasteiger partial charge in [-0.3, -0.25) is 0 Å². The quantitative estimate of drug-likeness (QED) is 0.633. The molecule has 1 heterocycles. The molecule has 2 aliphatic rings. The Kier molecular flexibility index (Phi) is 2.66. The number of hydrogen-bond acceptors (Lipinski definition) is 2. The van der Waals surface area contributed by atoms with Crippen molar-refractivity contribution in [2.45, 2.75) is 51.4 Å². The summed E-state index contributed by atoms with van der Waals surface area (Å²) in [5, 5.41) is 0.